The second-order valence-corrected chi connectivity index (χ2v) is 5.75. The van der Waals surface area contributed by atoms with Gasteiger partial charge in [0.1, 0.15) is 0 Å². The number of nitrogens with zero attached hydrogens (tertiary/aromatic N) is 4. The maximum atomic E-state index is 12.9. The van der Waals surface area contributed by atoms with Crippen molar-refractivity contribution in [2.24, 2.45) is 5.92 Å². The average Bonchev–Trinajstić information content (AvgIpc) is 3.26. The van der Waals surface area contributed by atoms with Gasteiger partial charge in [-0.2, -0.15) is 0 Å². The summed E-state index contributed by atoms with van der Waals surface area (Å²) in [7, 11) is 0. The molecule has 0 aromatic carbocycles. The molecule has 1 saturated heterocycles. The van der Waals surface area contributed by atoms with Gasteiger partial charge in [0.05, 0.1) is 12.4 Å². The molecule has 0 spiro atoms. The Balaban J connectivity index is 1.65. The summed E-state index contributed by atoms with van der Waals surface area (Å²) in [4.78, 5) is 12.7. The van der Waals surface area contributed by atoms with Gasteiger partial charge in [-0.1, -0.05) is 0 Å². The molecule has 1 N–H and O–H groups in total. The van der Waals surface area contributed by atoms with Crippen LogP contribution >= 0.6 is 0 Å². The monoisotopic (exact) mass is 280 g/mol. The Morgan fingerprint density at radius 3 is 2.65 bits per heavy atom. The second kappa shape index (κ2) is 6.01. The molecule has 2 aliphatic rings. The predicted molar refractivity (Wildman–Crippen MR) is 74.0 cm³/mol. The first-order valence-electron chi connectivity index (χ1n) is 7.33. The van der Waals surface area contributed by atoms with Crippen LogP contribution in [0.25, 0.3) is 0 Å². The number of hydrogen-bond acceptors (Lipinski definition) is 5. The molecule has 5 nitrogen and oxygen atoms in total. The minimum atomic E-state index is -0.409. The van der Waals surface area contributed by atoms with E-state index in [1.807, 2.05) is 0 Å². The number of anilines is 1. The van der Waals surface area contributed by atoms with Crippen LogP contribution in [0.4, 0.5) is 10.3 Å². The fourth-order valence-corrected chi connectivity index (χ4v) is 2.84. The molecular formula is C14H21FN4O. The van der Waals surface area contributed by atoms with Crippen LogP contribution in [0.1, 0.15) is 19.3 Å². The molecule has 1 aromatic rings. The van der Waals surface area contributed by atoms with Gasteiger partial charge in [0.2, 0.25) is 5.95 Å². The molecule has 2 heterocycles. The van der Waals surface area contributed by atoms with Gasteiger partial charge in [0.25, 0.3) is 0 Å². The molecule has 3 rings (SSSR count). The lowest BCUT2D eigenvalue weighted by atomic mass is 10.1. The first kappa shape index (κ1) is 13.7. The van der Waals surface area contributed by atoms with Crippen molar-refractivity contribution >= 4 is 5.95 Å². The van der Waals surface area contributed by atoms with Crippen LogP contribution in [0.2, 0.25) is 0 Å². The Morgan fingerprint density at radius 2 is 2.00 bits per heavy atom. The fraction of sp³-hybridized carbons (Fsp3) is 0.714. The van der Waals surface area contributed by atoms with Crippen molar-refractivity contribution in [3.8, 4) is 0 Å². The van der Waals surface area contributed by atoms with Crippen LogP contribution < -0.4 is 4.90 Å². The van der Waals surface area contributed by atoms with E-state index in [4.69, 9.17) is 0 Å². The number of halogens is 1. The van der Waals surface area contributed by atoms with Crippen LogP contribution in [0, 0.1) is 11.7 Å². The highest BCUT2D eigenvalue weighted by molar-refractivity contribution is 5.30. The number of aliphatic hydroxyl groups is 1. The molecular weight excluding hydrogens is 259 g/mol. The molecule has 2 fully saturated rings. The van der Waals surface area contributed by atoms with Crippen molar-refractivity contribution in [2.45, 2.75) is 25.3 Å². The van der Waals surface area contributed by atoms with E-state index < -0.39 is 5.82 Å². The smallest absolute Gasteiger partial charge is 0.225 e. The summed E-state index contributed by atoms with van der Waals surface area (Å²) in [5, 5.41) is 9.25. The topological polar surface area (TPSA) is 52.5 Å². The molecule has 1 saturated carbocycles. The molecule has 110 valence electrons. The van der Waals surface area contributed by atoms with E-state index in [1.54, 1.807) is 0 Å². The van der Waals surface area contributed by atoms with E-state index in [9.17, 15) is 9.50 Å². The van der Waals surface area contributed by atoms with Crippen molar-refractivity contribution in [1.29, 1.82) is 0 Å². The number of aromatic nitrogens is 2. The summed E-state index contributed by atoms with van der Waals surface area (Å²) in [5.41, 5.74) is 0. The summed E-state index contributed by atoms with van der Waals surface area (Å²) >= 11 is 0. The maximum Gasteiger partial charge on any atom is 0.225 e. The second-order valence-electron chi connectivity index (χ2n) is 5.75. The van der Waals surface area contributed by atoms with E-state index in [-0.39, 0.29) is 6.61 Å². The first-order chi connectivity index (χ1) is 9.76. The average molecular weight is 280 g/mol. The van der Waals surface area contributed by atoms with Crippen LogP contribution in [-0.4, -0.2) is 58.8 Å². The van der Waals surface area contributed by atoms with E-state index in [0.717, 1.165) is 38.5 Å². The number of piperazine rings is 1. The van der Waals surface area contributed by atoms with Gasteiger partial charge in [0.15, 0.2) is 5.82 Å². The quantitative estimate of drug-likeness (QED) is 0.868. The lowest BCUT2D eigenvalue weighted by Crippen LogP contribution is -2.54. The highest BCUT2D eigenvalue weighted by Gasteiger charge is 2.32. The Labute approximate surface area is 118 Å². The van der Waals surface area contributed by atoms with Gasteiger partial charge < -0.3 is 10.0 Å². The fourth-order valence-electron chi connectivity index (χ4n) is 2.84. The number of rotatable bonds is 5. The maximum absolute atomic E-state index is 12.9. The van der Waals surface area contributed by atoms with Gasteiger partial charge >= 0.3 is 0 Å². The lowest BCUT2D eigenvalue weighted by Gasteiger charge is -2.41. The summed E-state index contributed by atoms with van der Waals surface area (Å²) < 4.78 is 12.9. The van der Waals surface area contributed by atoms with Gasteiger partial charge in [-0.15, -0.1) is 0 Å². The summed E-state index contributed by atoms with van der Waals surface area (Å²) in [6.07, 6.45) is 5.87. The molecule has 0 amide bonds. The highest BCUT2D eigenvalue weighted by Crippen LogP contribution is 2.31. The lowest BCUT2D eigenvalue weighted by molar-refractivity contribution is 0.136. The zero-order valence-electron chi connectivity index (χ0n) is 11.6. The van der Waals surface area contributed by atoms with E-state index in [1.165, 1.54) is 25.2 Å². The largest absolute Gasteiger partial charge is 0.396 e. The van der Waals surface area contributed by atoms with E-state index >= 15 is 0 Å². The van der Waals surface area contributed by atoms with Crippen molar-refractivity contribution in [1.82, 2.24) is 14.9 Å². The van der Waals surface area contributed by atoms with Crippen molar-refractivity contribution < 1.29 is 9.50 Å². The predicted octanol–water partition coefficient (Wildman–Crippen LogP) is 0.899. The standard InChI is InChI=1S/C14H21FN4O/c15-12-7-16-14(17-8-12)19-5-4-18(9-11-1-2-11)13(10-19)3-6-20/h7-8,11,13,20H,1-6,9-10H2/t13-/m0/s1. The zero-order chi connectivity index (χ0) is 13.9. The summed E-state index contributed by atoms with van der Waals surface area (Å²) in [5.74, 6) is 1.03. The Morgan fingerprint density at radius 1 is 1.25 bits per heavy atom. The van der Waals surface area contributed by atoms with Crippen molar-refractivity contribution in [3.63, 3.8) is 0 Å². The van der Waals surface area contributed by atoms with Crippen LogP contribution in [-0.2, 0) is 0 Å². The summed E-state index contributed by atoms with van der Waals surface area (Å²) in [6, 6.07) is 0.336. The Hall–Kier alpha value is -1.27. The molecule has 0 radical (unpaired) electrons. The van der Waals surface area contributed by atoms with E-state index in [0.29, 0.717) is 12.0 Å². The molecule has 0 unspecified atom stereocenters. The Kier molecular flexibility index (Phi) is 4.12. The van der Waals surface area contributed by atoms with Gasteiger partial charge in [-0.05, 0) is 25.2 Å². The minimum Gasteiger partial charge on any atom is -0.396 e. The SMILES string of the molecule is OCC[C@H]1CN(c2ncc(F)cn2)CCN1CC1CC1. The molecule has 1 aliphatic heterocycles. The molecule has 1 aliphatic carbocycles. The van der Waals surface area contributed by atoms with Gasteiger partial charge in [0, 0.05) is 38.8 Å². The van der Waals surface area contributed by atoms with Crippen LogP contribution in [0.15, 0.2) is 12.4 Å². The zero-order valence-corrected chi connectivity index (χ0v) is 11.6. The molecule has 1 aromatic heterocycles. The van der Waals surface area contributed by atoms with Gasteiger partial charge in [-0.25, -0.2) is 14.4 Å². The highest BCUT2D eigenvalue weighted by atomic mass is 19.1. The summed E-state index contributed by atoms with van der Waals surface area (Å²) in [6.45, 7) is 3.97. The third kappa shape index (κ3) is 3.24. The molecule has 20 heavy (non-hydrogen) atoms. The van der Waals surface area contributed by atoms with Crippen LogP contribution in [0.3, 0.4) is 0 Å². The van der Waals surface area contributed by atoms with Crippen LogP contribution in [0.5, 0.6) is 0 Å². The normalized spacial score (nSPS) is 24.1. The molecule has 0 bridgehead atoms. The number of hydrogen-bond donors (Lipinski definition) is 1. The first-order valence-corrected chi connectivity index (χ1v) is 7.33. The van der Waals surface area contributed by atoms with Gasteiger partial charge in [-0.3, -0.25) is 4.90 Å². The minimum absolute atomic E-state index is 0.198. The molecule has 6 heteroatoms. The molecule has 1 atom stereocenters. The number of aliphatic hydroxyl groups excluding tert-OH is 1. The third-order valence-corrected chi connectivity index (χ3v) is 4.15. The van der Waals surface area contributed by atoms with Crippen molar-refractivity contribution in [2.75, 3.05) is 37.7 Å². The third-order valence-electron chi connectivity index (χ3n) is 4.15. The van der Waals surface area contributed by atoms with Crippen molar-refractivity contribution in [3.05, 3.63) is 18.2 Å². The van der Waals surface area contributed by atoms with E-state index in [2.05, 4.69) is 19.8 Å². The Bertz CT molecular complexity index is 437.